The number of hydrogen-bond acceptors (Lipinski definition) is 14. The lowest BCUT2D eigenvalue weighted by Gasteiger charge is -2.32. The highest BCUT2D eigenvalue weighted by Gasteiger charge is 2.52. The molecule has 0 aromatic heterocycles. The summed E-state index contributed by atoms with van der Waals surface area (Å²) in [4.78, 5) is 49.6. The van der Waals surface area contributed by atoms with Crippen molar-refractivity contribution in [2.75, 3.05) is 65.1 Å². The number of halogens is 1. The summed E-state index contributed by atoms with van der Waals surface area (Å²) in [5, 5.41) is 27.4. The zero-order valence-electron chi connectivity index (χ0n) is 38.3. The van der Waals surface area contributed by atoms with Gasteiger partial charge in [-0.15, -0.1) is 0 Å². The van der Waals surface area contributed by atoms with Crippen molar-refractivity contribution in [3.63, 3.8) is 0 Å². The van der Waals surface area contributed by atoms with Crippen LogP contribution in [0, 0.1) is 20.2 Å². The number of amides is 2. The Morgan fingerprint density at radius 1 is 0.742 bits per heavy atom. The first kappa shape index (κ1) is 51.6. The maximum Gasteiger partial charge on any atom is 0.490 e. The Hall–Kier alpha value is -4.76. The summed E-state index contributed by atoms with van der Waals surface area (Å²) in [7, 11) is 6.84. The van der Waals surface area contributed by atoms with E-state index >= 15 is 0 Å². The standard InChI is InChI=1S/C18H25N3O5.C12H22BNO2.C12H15BrN2O5/c1-18(2,3)26-17(22)19-14-11-15(21(23)24)13(10-16(14)25-5)12-6-8-20(4)9-7-12;1-11(2)12(3,4)16-13(15-11)10-6-8-14(5)9-7-10;1-12(2,3)20-11(16)14-8-6-9(15(17)18)7(13)5-10(8)19-4/h6,10-11H,7-9H2,1-5H3,(H,19,22);6H,7-9H2,1-5H3;5-6H,1-4H3,(H,14,16). The van der Waals surface area contributed by atoms with Crippen LogP contribution in [0.5, 0.6) is 11.5 Å². The molecule has 2 aromatic carbocycles. The van der Waals surface area contributed by atoms with Crippen LogP contribution in [0.3, 0.4) is 0 Å². The molecule has 0 saturated carbocycles. The van der Waals surface area contributed by atoms with Crippen molar-refractivity contribution in [3.05, 3.63) is 72.2 Å². The summed E-state index contributed by atoms with van der Waals surface area (Å²) < 4.78 is 33.0. The first-order valence-electron chi connectivity index (χ1n) is 20.1. The van der Waals surface area contributed by atoms with Crippen molar-refractivity contribution in [2.45, 2.75) is 104 Å². The molecular formula is C42H62BBrN6O12. The molecule has 0 radical (unpaired) electrons. The van der Waals surface area contributed by atoms with Crippen LogP contribution in [-0.2, 0) is 18.8 Å². The molecule has 0 spiro atoms. The van der Waals surface area contributed by atoms with Gasteiger partial charge in [0, 0.05) is 44.4 Å². The van der Waals surface area contributed by atoms with Crippen LogP contribution in [0.2, 0.25) is 0 Å². The fraction of sp³-hybridized carbons (Fsp3) is 0.571. The van der Waals surface area contributed by atoms with Crippen molar-refractivity contribution >= 4 is 63.6 Å². The molecule has 2 N–H and O–H groups in total. The molecule has 20 heteroatoms. The molecule has 18 nitrogen and oxygen atoms in total. The monoisotopic (exact) mass is 932 g/mol. The van der Waals surface area contributed by atoms with Gasteiger partial charge in [-0.25, -0.2) is 9.59 Å². The third kappa shape index (κ3) is 15.0. The van der Waals surface area contributed by atoms with Gasteiger partial charge in [0.25, 0.3) is 11.4 Å². The van der Waals surface area contributed by atoms with Gasteiger partial charge in [-0.1, -0.05) is 12.2 Å². The van der Waals surface area contributed by atoms with Crippen LogP contribution >= 0.6 is 15.9 Å². The van der Waals surface area contributed by atoms with Gasteiger partial charge in [-0.05, 0) is 129 Å². The van der Waals surface area contributed by atoms with E-state index in [2.05, 4.69) is 77.2 Å². The lowest BCUT2D eigenvalue weighted by Crippen LogP contribution is -2.41. The van der Waals surface area contributed by atoms with Gasteiger partial charge in [-0.2, -0.15) is 0 Å². The summed E-state index contributed by atoms with van der Waals surface area (Å²) in [6.07, 6.45) is 4.56. The lowest BCUT2D eigenvalue weighted by atomic mass is 9.75. The van der Waals surface area contributed by atoms with Gasteiger partial charge in [0.1, 0.15) is 22.7 Å². The molecule has 2 aromatic rings. The Morgan fingerprint density at radius 2 is 1.18 bits per heavy atom. The fourth-order valence-corrected chi connectivity index (χ4v) is 6.50. The van der Waals surface area contributed by atoms with E-state index < -0.39 is 33.2 Å². The molecule has 0 bridgehead atoms. The summed E-state index contributed by atoms with van der Waals surface area (Å²) in [5.41, 5.74) is 1.03. The maximum absolute atomic E-state index is 12.0. The molecule has 342 valence electrons. The quantitative estimate of drug-likeness (QED) is 0.144. The fourth-order valence-electron chi connectivity index (χ4n) is 6.03. The van der Waals surface area contributed by atoms with E-state index in [1.807, 2.05) is 13.1 Å². The van der Waals surface area contributed by atoms with Crippen molar-refractivity contribution in [2.24, 2.45) is 0 Å². The number of hydrogen-bond donors (Lipinski definition) is 2. The minimum Gasteiger partial charge on any atom is -0.495 e. The predicted molar refractivity (Wildman–Crippen MR) is 243 cm³/mol. The number of carbonyl (C=O) groups is 2. The number of likely N-dealkylation sites (N-methyl/N-ethyl adjacent to an activating group) is 2. The topological polar surface area (TPSA) is 206 Å². The predicted octanol–water partition coefficient (Wildman–Crippen LogP) is 9.26. The highest BCUT2D eigenvalue weighted by Crippen LogP contribution is 2.41. The molecule has 0 unspecified atom stereocenters. The normalized spacial score (nSPS) is 17.4. The number of nitro benzene ring substituents is 2. The molecule has 3 heterocycles. The number of nitrogens with one attached hydrogen (secondary N) is 2. The number of carbonyl (C=O) groups excluding carboxylic acids is 2. The number of nitro groups is 2. The molecule has 3 aliphatic heterocycles. The number of methoxy groups -OCH3 is 2. The minimum atomic E-state index is -0.715. The molecule has 0 aliphatic carbocycles. The summed E-state index contributed by atoms with van der Waals surface area (Å²) in [6.45, 7) is 22.4. The van der Waals surface area contributed by atoms with Gasteiger partial charge in [0.2, 0.25) is 0 Å². The van der Waals surface area contributed by atoms with E-state index in [-0.39, 0.29) is 51.3 Å². The summed E-state index contributed by atoms with van der Waals surface area (Å²) in [6, 6.07) is 5.52. The first-order chi connectivity index (χ1) is 28.6. The minimum absolute atomic E-state index is 0.0762. The summed E-state index contributed by atoms with van der Waals surface area (Å²) >= 11 is 3.07. The smallest absolute Gasteiger partial charge is 0.490 e. The van der Waals surface area contributed by atoms with Crippen molar-refractivity contribution in [1.82, 2.24) is 9.80 Å². The average molecular weight is 934 g/mol. The Labute approximate surface area is 373 Å². The number of nitrogens with zero attached hydrogens (tertiary/aromatic N) is 4. The zero-order valence-corrected chi connectivity index (χ0v) is 39.9. The highest BCUT2D eigenvalue weighted by atomic mass is 79.9. The zero-order chi connectivity index (χ0) is 47.0. The van der Waals surface area contributed by atoms with Gasteiger partial charge in [-0.3, -0.25) is 30.9 Å². The third-order valence-electron chi connectivity index (χ3n) is 10.0. The lowest BCUT2D eigenvalue weighted by molar-refractivity contribution is -0.385. The highest BCUT2D eigenvalue weighted by molar-refractivity contribution is 9.10. The molecule has 62 heavy (non-hydrogen) atoms. The molecule has 5 rings (SSSR count). The van der Waals surface area contributed by atoms with E-state index in [0.717, 1.165) is 38.2 Å². The van der Waals surface area contributed by atoms with Crippen LogP contribution in [-0.4, -0.2) is 116 Å². The number of rotatable bonds is 8. The maximum atomic E-state index is 12.0. The van der Waals surface area contributed by atoms with E-state index in [4.69, 9.17) is 28.3 Å². The molecular weight excluding hydrogens is 871 g/mol. The Kier molecular flexibility index (Phi) is 17.5. The largest absolute Gasteiger partial charge is 0.495 e. The van der Waals surface area contributed by atoms with E-state index in [9.17, 15) is 29.8 Å². The number of anilines is 2. The van der Waals surface area contributed by atoms with E-state index in [0.29, 0.717) is 17.7 Å². The van der Waals surface area contributed by atoms with E-state index in [1.54, 1.807) is 47.6 Å². The van der Waals surface area contributed by atoms with Crippen LogP contribution in [0.4, 0.5) is 32.3 Å². The molecule has 1 fully saturated rings. The van der Waals surface area contributed by atoms with Gasteiger partial charge >= 0.3 is 19.3 Å². The van der Waals surface area contributed by atoms with Crippen molar-refractivity contribution in [1.29, 1.82) is 0 Å². The van der Waals surface area contributed by atoms with Crippen LogP contribution in [0.1, 0.15) is 87.6 Å². The van der Waals surface area contributed by atoms with Crippen LogP contribution in [0.25, 0.3) is 5.57 Å². The Morgan fingerprint density at radius 3 is 1.56 bits per heavy atom. The van der Waals surface area contributed by atoms with Gasteiger partial charge < -0.3 is 38.1 Å². The number of ether oxygens (including phenoxy) is 4. The SMILES string of the molecule is CN1CC=C(B2OC(C)(C)C(C)(C)O2)CC1.COc1cc(Br)c([N+](=O)[O-])cc1NC(=O)OC(C)(C)C.COc1cc(C2=CCN(C)CC2)c([N+](=O)[O-])cc1NC(=O)OC(C)(C)C. The second kappa shape index (κ2) is 21.1. The first-order valence-corrected chi connectivity index (χ1v) is 20.8. The van der Waals surface area contributed by atoms with Crippen LogP contribution < -0.4 is 20.1 Å². The molecule has 3 aliphatic rings. The van der Waals surface area contributed by atoms with Crippen molar-refractivity contribution in [3.8, 4) is 11.5 Å². The van der Waals surface area contributed by atoms with Crippen molar-refractivity contribution < 1.29 is 47.7 Å². The molecule has 0 atom stereocenters. The molecule has 2 amide bonds. The van der Waals surface area contributed by atoms with Gasteiger partial charge in [0.05, 0.1) is 56.7 Å². The van der Waals surface area contributed by atoms with E-state index in [1.165, 1.54) is 37.9 Å². The second-order valence-corrected chi connectivity index (χ2v) is 18.8. The molecule has 1 saturated heterocycles. The van der Waals surface area contributed by atoms with Gasteiger partial charge in [0.15, 0.2) is 0 Å². The Balaban J connectivity index is 0.000000255. The average Bonchev–Trinajstić information content (AvgIpc) is 3.37. The van der Waals surface area contributed by atoms with Crippen LogP contribution in [0.15, 0.2) is 46.4 Å². The third-order valence-corrected chi connectivity index (χ3v) is 10.6. The second-order valence-electron chi connectivity index (χ2n) is 18.0. The number of benzene rings is 2. The summed E-state index contributed by atoms with van der Waals surface area (Å²) in [5.74, 6) is 0.629. The Bertz CT molecular complexity index is 2010.